The normalized spacial score (nSPS) is 22.6. The Morgan fingerprint density at radius 3 is 2.55 bits per heavy atom. The molecule has 110 valence electrons. The molecule has 1 aromatic carbocycles. The third-order valence-electron chi connectivity index (χ3n) is 4.47. The van der Waals surface area contributed by atoms with Crippen LogP contribution in [0.15, 0.2) is 18.2 Å². The summed E-state index contributed by atoms with van der Waals surface area (Å²) < 4.78 is 13.7. The second kappa shape index (κ2) is 6.25. The largest absolute Gasteiger partial charge is 0.507 e. The van der Waals surface area contributed by atoms with Crippen molar-refractivity contribution in [1.29, 1.82) is 0 Å². The van der Waals surface area contributed by atoms with E-state index in [1.54, 1.807) is 11.9 Å². The Bertz CT molecular complexity index is 461. The van der Waals surface area contributed by atoms with Gasteiger partial charge in [0.05, 0.1) is 0 Å². The lowest BCUT2D eigenvalue weighted by Gasteiger charge is -2.34. The number of phenolic OH excluding ortho intramolecular Hbond substituents is 1. The zero-order valence-electron chi connectivity index (χ0n) is 12.1. The zero-order chi connectivity index (χ0) is 14.7. The molecule has 1 aliphatic carbocycles. The Labute approximate surface area is 119 Å². The van der Waals surface area contributed by atoms with E-state index in [1.165, 1.54) is 24.6 Å². The summed E-state index contributed by atoms with van der Waals surface area (Å²) in [5.41, 5.74) is -0.215. The van der Waals surface area contributed by atoms with E-state index in [-0.39, 0.29) is 17.4 Å². The average Bonchev–Trinajstić information content (AvgIpc) is 2.46. The number of benzene rings is 1. The minimum Gasteiger partial charge on any atom is -0.507 e. The topological polar surface area (TPSA) is 40.5 Å². The van der Waals surface area contributed by atoms with Gasteiger partial charge in [-0.3, -0.25) is 4.79 Å². The van der Waals surface area contributed by atoms with E-state index in [0.29, 0.717) is 0 Å². The van der Waals surface area contributed by atoms with Crippen LogP contribution in [0.2, 0.25) is 0 Å². The fourth-order valence-electron chi connectivity index (χ4n) is 3.01. The quantitative estimate of drug-likeness (QED) is 0.918. The van der Waals surface area contributed by atoms with Crippen molar-refractivity contribution in [2.45, 2.75) is 45.1 Å². The fraction of sp³-hybridized carbons (Fsp3) is 0.562. The van der Waals surface area contributed by atoms with E-state index < -0.39 is 11.7 Å². The number of phenols is 1. The van der Waals surface area contributed by atoms with Crippen molar-refractivity contribution in [2.24, 2.45) is 5.92 Å². The van der Waals surface area contributed by atoms with Gasteiger partial charge >= 0.3 is 0 Å². The maximum absolute atomic E-state index is 13.7. The Morgan fingerprint density at radius 2 is 2.00 bits per heavy atom. The van der Waals surface area contributed by atoms with Gasteiger partial charge in [0.2, 0.25) is 0 Å². The van der Waals surface area contributed by atoms with Crippen LogP contribution in [0.3, 0.4) is 0 Å². The van der Waals surface area contributed by atoms with Gasteiger partial charge in [-0.2, -0.15) is 0 Å². The summed E-state index contributed by atoms with van der Waals surface area (Å²) >= 11 is 0. The molecule has 2 rings (SSSR count). The highest BCUT2D eigenvalue weighted by Gasteiger charge is 2.28. The minimum atomic E-state index is -0.663. The molecule has 0 heterocycles. The standard InChI is InChI=1S/C16H22FNO2/c1-3-11-7-9-12(10-8-11)18(2)16(20)15-13(17)5-4-6-14(15)19/h4-6,11-12,19H,3,7-10H2,1-2H3. The van der Waals surface area contributed by atoms with E-state index in [4.69, 9.17) is 0 Å². The Kier molecular flexibility index (Phi) is 4.63. The predicted molar refractivity (Wildman–Crippen MR) is 76.2 cm³/mol. The Hall–Kier alpha value is -1.58. The van der Waals surface area contributed by atoms with Crippen LogP contribution < -0.4 is 0 Å². The van der Waals surface area contributed by atoms with Gasteiger partial charge in [-0.1, -0.05) is 19.4 Å². The first-order chi connectivity index (χ1) is 9.54. The first kappa shape index (κ1) is 14.8. The van der Waals surface area contributed by atoms with Crippen LogP contribution in [0.5, 0.6) is 5.75 Å². The summed E-state index contributed by atoms with van der Waals surface area (Å²) in [5, 5.41) is 9.70. The Morgan fingerprint density at radius 1 is 1.35 bits per heavy atom. The highest BCUT2D eigenvalue weighted by molar-refractivity contribution is 5.97. The number of halogens is 1. The fourth-order valence-corrected chi connectivity index (χ4v) is 3.01. The molecule has 0 aromatic heterocycles. The lowest BCUT2D eigenvalue weighted by Crippen LogP contribution is -2.39. The van der Waals surface area contributed by atoms with Crippen molar-refractivity contribution in [3.8, 4) is 5.75 Å². The van der Waals surface area contributed by atoms with Crippen LogP contribution in [0.4, 0.5) is 4.39 Å². The molecule has 0 saturated heterocycles. The van der Waals surface area contributed by atoms with Crippen molar-refractivity contribution in [2.75, 3.05) is 7.05 Å². The molecule has 1 amide bonds. The molecule has 0 radical (unpaired) electrons. The number of amides is 1. The number of nitrogens with zero attached hydrogens (tertiary/aromatic N) is 1. The highest BCUT2D eigenvalue weighted by atomic mass is 19.1. The van der Waals surface area contributed by atoms with Gasteiger partial charge in [0.25, 0.3) is 5.91 Å². The maximum Gasteiger partial charge on any atom is 0.260 e. The molecule has 0 aliphatic heterocycles. The van der Waals surface area contributed by atoms with Crippen LogP contribution >= 0.6 is 0 Å². The minimum absolute atomic E-state index is 0.143. The molecule has 0 unspecified atom stereocenters. The van der Waals surface area contributed by atoms with Gasteiger partial charge in [0.15, 0.2) is 0 Å². The van der Waals surface area contributed by atoms with Crippen molar-refractivity contribution in [3.05, 3.63) is 29.6 Å². The summed E-state index contributed by atoms with van der Waals surface area (Å²) in [5.74, 6) is -0.634. The van der Waals surface area contributed by atoms with Gasteiger partial charge in [0, 0.05) is 13.1 Å². The molecular weight excluding hydrogens is 257 g/mol. The van der Waals surface area contributed by atoms with Crippen LogP contribution in [-0.4, -0.2) is 29.0 Å². The number of aromatic hydroxyl groups is 1. The molecule has 1 fully saturated rings. The maximum atomic E-state index is 13.7. The summed E-state index contributed by atoms with van der Waals surface area (Å²) in [7, 11) is 1.70. The molecule has 1 N–H and O–H groups in total. The van der Waals surface area contributed by atoms with Crippen molar-refractivity contribution in [1.82, 2.24) is 4.90 Å². The Balaban J connectivity index is 2.10. The molecular formula is C16H22FNO2. The molecule has 0 spiro atoms. The first-order valence-corrected chi connectivity index (χ1v) is 7.29. The lowest BCUT2D eigenvalue weighted by atomic mass is 9.84. The molecule has 20 heavy (non-hydrogen) atoms. The average molecular weight is 279 g/mol. The van der Waals surface area contributed by atoms with E-state index in [9.17, 15) is 14.3 Å². The van der Waals surface area contributed by atoms with Gasteiger partial charge in [-0.05, 0) is 43.7 Å². The van der Waals surface area contributed by atoms with Gasteiger partial charge in [0.1, 0.15) is 17.1 Å². The van der Waals surface area contributed by atoms with E-state index >= 15 is 0 Å². The SMILES string of the molecule is CCC1CCC(N(C)C(=O)c2c(O)cccc2F)CC1. The number of hydrogen-bond donors (Lipinski definition) is 1. The van der Waals surface area contributed by atoms with Gasteiger partial charge in [-0.15, -0.1) is 0 Å². The van der Waals surface area contributed by atoms with Crippen LogP contribution in [0.25, 0.3) is 0 Å². The predicted octanol–water partition coefficient (Wildman–Crippen LogP) is 3.57. The molecule has 0 atom stereocenters. The third-order valence-corrected chi connectivity index (χ3v) is 4.47. The van der Waals surface area contributed by atoms with Crippen LogP contribution in [0, 0.1) is 11.7 Å². The molecule has 1 aliphatic rings. The first-order valence-electron chi connectivity index (χ1n) is 7.29. The van der Waals surface area contributed by atoms with Crippen molar-refractivity contribution in [3.63, 3.8) is 0 Å². The lowest BCUT2D eigenvalue weighted by molar-refractivity contribution is 0.0667. The van der Waals surface area contributed by atoms with Crippen LogP contribution in [-0.2, 0) is 0 Å². The number of rotatable bonds is 3. The second-order valence-electron chi connectivity index (χ2n) is 5.63. The van der Waals surface area contributed by atoms with Crippen molar-refractivity contribution < 1.29 is 14.3 Å². The van der Waals surface area contributed by atoms with Gasteiger partial charge < -0.3 is 10.0 Å². The zero-order valence-corrected chi connectivity index (χ0v) is 12.1. The number of carbonyl (C=O) groups is 1. The molecule has 1 aromatic rings. The molecule has 0 bridgehead atoms. The molecule has 3 nitrogen and oxygen atoms in total. The van der Waals surface area contributed by atoms with Gasteiger partial charge in [-0.25, -0.2) is 4.39 Å². The second-order valence-corrected chi connectivity index (χ2v) is 5.63. The summed E-state index contributed by atoms with van der Waals surface area (Å²) in [6, 6.07) is 4.09. The van der Waals surface area contributed by atoms with E-state index in [1.807, 2.05) is 0 Å². The van der Waals surface area contributed by atoms with E-state index in [0.717, 1.165) is 31.6 Å². The summed E-state index contributed by atoms with van der Waals surface area (Å²) in [6.07, 6.45) is 5.31. The summed E-state index contributed by atoms with van der Waals surface area (Å²) in [4.78, 5) is 13.9. The third kappa shape index (κ3) is 2.94. The molecule has 4 heteroatoms. The summed E-state index contributed by atoms with van der Waals surface area (Å²) in [6.45, 7) is 2.19. The van der Waals surface area contributed by atoms with Crippen molar-refractivity contribution >= 4 is 5.91 Å². The molecule has 1 saturated carbocycles. The monoisotopic (exact) mass is 279 g/mol. The highest BCUT2D eigenvalue weighted by Crippen LogP contribution is 2.30. The number of hydrogen-bond acceptors (Lipinski definition) is 2. The number of carbonyl (C=O) groups excluding carboxylic acids is 1. The smallest absolute Gasteiger partial charge is 0.260 e. The van der Waals surface area contributed by atoms with Crippen LogP contribution in [0.1, 0.15) is 49.4 Å². The van der Waals surface area contributed by atoms with E-state index in [2.05, 4.69) is 6.92 Å².